The van der Waals surface area contributed by atoms with Gasteiger partial charge in [0, 0.05) is 11.1 Å². The van der Waals surface area contributed by atoms with Gasteiger partial charge in [-0.15, -0.1) is 0 Å². The van der Waals surface area contributed by atoms with Crippen molar-refractivity contribution in [1.29, 1.82) is 0 Å². The molecule has 1 heteroatoms. The van der Waals surface area contributed by atoms with E-state index in [1.807, 2.05) is 62.4 Å². The number of aryl methyl sites for hydroxylation is 2. The summed E-state index contributed by atoms with van der Waals surface area (Å²) in [5, 5.41) is 0. The van der Waals surface area contributed by atoms with E-state index in [9.17, 15) is 4.79 Å². The van der Waals surface area contributed by atoms with E-state index in [1.54, 1.807) is 0 Å². The minimum atomic E-state index is 0.0955. The van der Waals surface area contributed by atoms with Crippen LogP contribution in [0.25, 0.3) is 0 Å². The van der Waals surface area contributed by atoms with Crippen LogP contribution in [0.2, 0.25) is 0 Å². The van der Waals surface area contributed by atoms with Crippen LogP contribution >= 0.6 is 0 Å². The quantitative estimate of drug-likeness (QED) is 0.693. The summed E-state index contributed by atoms with van der Waals surface area (Å²) in [7, 11) is 0. The Morgan fingerprint density at radius 3 is 2.25 bits per heavy atom. The van der Waals surface area contributed by atoms with Crippen molar-refractivity contribution in [2.45, 2.75) is 13.8 Å². The van der Waals surface area contributed by atoms with E-state index in [-0.39, 0.29) is 5.78 Å². The third kappa shape index (κ3) is 2.03. The van der Waals surface area contributed by atoms with Crippen LogP contribution in [0.1, 0.15) is 27.0 Å². The summed E-state index contributed by atoms with van der Waals surface area (Å²) in [6.45, 7) is 4.01. The van der Waals surface area contributed by atoms with Crippen LogP contribution in [-0.2, 0) is 0 Å². The molecule has 80 valence electrons. The summed E-state index contributed by atoms with van der Waals surface area (Å²) in [6, 6.07) is 15.3. The predicted molar refractivity (Wildman–Crippen MR) is 65.8 cm³/mol. The zero-order valence-electron chi connectivity index (χ0n) is 9.53. The molecule has 0 heterocycles. The Bertz CT molecular complexity index is 512. The minimum Gasteiger partial charge on any atom is -0.289 e. The molecule has 0 fully saturated rings. The van der Waals surface area contributed by atoms with Gasteiger partial charge in [-0.2, -0.15) is 0 Å². The van der Waals surface area contributed by atoms with E-state index < -0.39 is 0 Å². The molecule has 0 unspecified atom stereocenters. The number of carbonyl (C=O) groups excluding carboxylic acids is 1. The highest BCUT2D eigenvalue weighted by Crippen LogP contribution is 2.15. The molecule has 1 nitrogen and oxygen atoms in total. The van der Waals surface area contributed by atoms with Crippen LogP contribution in [0, 0.1) is 13.8 Å². The smallest absolute Gasteiger partial charge is 0.193 e. The first-order valence-corrected chi connectivity index (χ1v) is 5.35. The third-order valence-corrected chi connectivity index (χ3v) is 2.66. The summed E-state index contributed by atoms with van der Waals surface area (Å²) in [5.74, 6) is 0.0955. The normalized spacial score (nSPS) is 10.1. The van der Waals surface area contributed by atoms with E-state index in [0.717, 1.165) is 16.7 Å². The zero-order valence-corrected chi connectivity index (χ0v) is 9.53. The van der Waals surface area contributed by atoms with E-state index >= 15 is 0 Å². The third-order valence-electron chi connectivity index (χ3n) is 2.66. The van der Waals surface area contributed by atoms with Gasteiger partial charge in [0.2, 0.25) is 0 Å². The SMILES string of the molecule is Cc1ccc(C(=O)c2ccccc2)c(C)c1. The Morgan fingerprint density at radius 1 is 0.938 bits per heavy atom. The van der Waals surface area contributed by atoms with Crippen LogP contribution < -0.4 is 0 Å². The lowest BCUT2D eigenvalue weighted by Gasteiger charge is -2.05. The maximum atomic E-state index is 12.2. The van der Waals surface area contributed by atoms with E-state index in [2.05, 4.69) is 0 Å². The molecule has 0 atom stereocenters. The lowest BCUT2D eigenvalue weighted by molar-refractivity contribution is 0.103. The Hall–Kier alpha value is -1.89. The average Bonchev–Trinajstić information content (AvgIpc) is 2.29. The molecule has 16 heavy (non-hydrogen) atoms. The van der Waals surface area contributed by atoms with Gasteiger partial charge < -0.3 is 0 Å². The molecule has 0 aromatic heterocycles. The fraction of sp³-hybridized carbons (Fsp3) is 0.133. The monoisotopic (exact) mass is 210 g/mol. The number of benzene rings is 2. The van der Waals surface area contributed by atoms with Crippen LogP contribution in [0.15, 0.2) is 48.5 Å². The molecule has 0 bridgehead atoms. The molecule has 0 radical (unpaired) electrons. The van der Waals surface area contributed by atoms with Crippen LogP contribution in [0.3, 0.4) is 0 Å². The molecule has 0 spiro atoms. The molecule has 0 amide bonds. The molecule has 2 rings (SSSR count). The largest absolute Gasteiger partial charge is 0.289 e. The molecule has 0 saturated carbocycles. The highest BCUT2D eigenvalue weighted by Gasteiger charge is 2.10. The maximum Gasteiger partial charge on any atom is 0.193 e. The molecule has 2 aromatic carbocycles. The van der Waals surface area contributed by atoms with Gasteiger partial charge in [-0.05, 0) is 19.4 Å². The molecule has 0 saturated heterocycles. The summed E-state index contributed by atoms with van der Waals surface area (Å²) >= 11 is 0. The second kappa shape index (κ2) is 4.31. The van der Waals surface area contributed by atoms with E-state index in [4.69, 9.17) is 0 Å². The van der Waals surface area contributed by atoms with Crippen molar-refractivity contribution in [2.24, 2.45) is 0 Å². The van der Waals surface area contributed by atoms with Gasteiger partial charge in [-0.1, -0.05) is 54.1 Å². The first-order valence-electron chi connectivity index (χ1n) is 5.35. The second-order valence-corrected chi connectivity index (χ2v) is 4.01. The number of hydrogen-bond acceptors (Lipinski definition) is 1. The summed E-state index contributed by atoms with van der Waals surface area (Å²) in [4.78, 5) is 12.2. The van der Waals surface area contributed by atoms with Crippen molar-refractivity contribution in [1.82, 2.24) is 0 Å². The van der Waals surface area contributed by atoms with Crippen molar-refractivity contribution in [3.8, 4) is 0 Å². The van der Waals surface area contributed by atoms with Crippen molar-refractivity contribution < 1.29 is 4.79 Å². The Balaban J connectivity index is 2.42. The first kappa shape index (κ1) is 10.6. The molecular weight excluding hydrogens is 196 g/mol. The minimum absolute atomic E-state index is 0.0955. The van der Waals surface area contributed by atoms with Gasteiger partial charge in [-0.25, -0.2) is 0 Å². The average molecular weight is 210 g/mol. The highest BCUT2D eigenvalue weighted by molar-refractivity contribution is 6.09. The topological polar surface area (TPSA) is 17.1 Å². The Labute approximate surface area is 95.7 Å². The van der Waals surface area contributed by atoms with Crippen LogP contribution in [0.5, 0.6) is 0 Å². The first-order chi connectivity index (χ1) is 7.68. The van der Waals surface area contributed by atoms with Gasteiger partial charge in [0.15, 0.2) is 5.78 Å². The Kier molecular flexibility index (Phi) is 2.86. The molecule has 0 N–H and O–H groups in total. The number of hydrogen-bond donors (Lipinski definition) is 0. The van der Waals surface area contributed by atoms with Gasteiger partial charge in [-0.3, -0.25) is 4.79 Å². The summed E-state index contributed by atoms with van der Waals surface area (Å²) in [6.07, 6.45) is 0. The van der Waals surface area contributed by atoms with E-state index in [0.29, 0.717) is 0 Å². The lowest BCUT2D eigenvalue weighted by atomic mass is 9.98. The standard InChI is InChI=1S/C15H14O/c1-11-8-9-14(12(2)10-11)15(16)13-6-4-3-5-7-13/h3-10H,1-2H3. The Morgan fingerprint density at radius 2 is 1.62 bits per heavy atom. The molecular formula is C15H14O. The highest BCUT2D eigenvalue weighted by atomic mass is 16.1. The number of carbonyl (C=O) groups is 1. The molecule has 0 aliphatic heterocycles. The van der Waals surface area contributed by atoms with Crippen molar-refractivity contribution in [3.05, 3.63) is 70.8 Å². The lowest BCUT2D eigenvalue weighted by Crippen LogP contribution is -2.03. The van der Waals surface area contributed by atoms with Gasteiger partial charge in [0.05, 0.1) is 0 Å². The number of rotatable bonds is 2. The fourth-order valence-corrected chi connectivity index (χ4v) is 1.81. The van der Waals surface area contributed by atoms with Crippen molar-refractivity contribution in [2.75, 3.05) is 0 Å². The van der Waals surface area contributed by atoms with Gasteiger partial charge in [0.25, 0.3) is 0 Å². The second-order valence-electron chi connectivity index (χ2n) is 4.01. The fourth-order valence-electron chi connectivity index (χ4n) is 1.81. The van der Waals surface area contributed by atoms with Gasteiger partial charge in [0.1, 0.15) is 0 Å². The van der Waals surface area contributed by atoms with Crippen LogP contribution in [0.4, 0.5) is 0 Å². The molecule has 2 aromatic rings. The van der Waals surface area contributed by atoms with Crippen LogP contribution in [-0.4, -0.2) is 5.78 Å². The molecule has 0 aliphatic rings. The van der Waals surface area contributed by atoms with Crippen molar-refractivity contribution >= 4 is 5.78 Å². The summed E-state index contributed by atoms with van der Waals surface area (Å²) in [5.41, 5.74) is 3.75. The van der Waals surface area contributed by atoms with Crippen molar-refractivity contribution in [3.63, 3.8) is 0 Å². The molecule has 0 aliphatic carbocycles. The predicted octanol–water partition coefficient (Wildman–Crippen LogP) is 3.53. The van der Waals surface area contributed by atoms with E-state index in [1.165, 1.54) is 5.56 Å². The maximum absolute atomic E-state index is 12.2. The number of ketones is 1. The zero-order chi connectivity index (χ0) is 11.5. The summed E-state index contributed by atoms with van der Waals surface area (Å²) < 4.78 is 0. The van der Waals surface area contributed by atoms with Gasteiger partial charge >= 0.3 is 0 Å².